The number of aromatic nitrogens is 2. The molecule has 0 spiro atoms. The monoisotopic (exact) mass is 192 g/mol. The summed E-state index contributed by atoms with van der Waals surface area (Å²) >= 11 is 0. The van der Waals surface area contributed by atoms with Crippen LogP contribution in [0, 0.1) is 13.8 Å². The first kappa shape index (κ1) is 9.12. The lowest BCUT2D eigenvalue weighted by Crippen LogP contribution is -2.21. The third-order valence-corrected chi connectivity index (χ3v) is 2.62. The Morgan fingerprint density at radius 1 is 1.43 bits per heavy atom. The van der Waals surface area contributed by atoms with Gasteiger partial charge in [0.05, 0.1) is 5.69 Å². The van der Waals surface area contributed by atoms with Gasteiger partial charge < -0.3 is 5.11 Å². The lowest BCUT2D eigenvalue weighted by molar-refractivity contribution is -0.140. The molecular formula is C10H12N2O2. The van der Waals surface area contributed by atoms with Crippen molar-refractivity contribution in [3.63, 3.8) is 0 Å². The Labute approximate surface area is 82.0 Å². The van der Waals surface area contributed by atoms with Crippen LogP contribution in [0.15, 0.2) is 6.07 Å². The van der Waals surface area contributed by atoms with Gasteiger partial charge in [0, 0.05) is 5.69 Å². The van der Waals surface area contributed by atoms with E-state index in [4.69, 9.17) is 5.11 Å². The molecule has 0 aromatic carbocycles. The highest BCUT2D eigenvalue weighted by Crippen LogP contribution is 2.47. The van der Waals surface area contributed by atoms with Crippen LogP contribution in [0.2, 0.25) is 0 Å². The van der Waals surface area contributed by atoms with Crippen LogP contribution in [-0.4, -0.2) is 21.0 Å². The molecule has 14 heavy (non-hydrogen) atoms. The minimum atomic E-state index is -0.769. The molecule has 0 atom stereocenters. The van der Waals surface area contributed by atoms with Gasteiger partial charge in [-0.2, -0.15) is 0 Å². The largest absolute Gasteiger partial charge is 0.481 e. The van der Waals surface area contributed by atoms with E-state index in [0.717, 1.165) is 5.69 Å². The number of hydrogen-bond acceptors (Lipinski definition) is 3. The van der Waals surface area contributed by atoms with E-state index in [1.807, 2.05) is 6.92 Å². The molecule has 0 saturated heterocycles. The van der Waals surface area contributed by atoms with Gasteiger partial charge in [-0.05, 0) is 32.8 Å². The Kier molecular flexibility index (Phi) is 1.80. The zero-order valence-electron chi connectivity index (χ0n) is 8.24. The van der Waals surface area contributed by atoms with Crippen molar-refractivity contribution in [1.29, 1.82) is 0 Å². The molecule has 1 aromatic heterocycles. The molecule has 1 N–H and O–H groups in total. The highest BCUT2D eigenvalue weighted by molar-refractivity contribution is 5.84. The summed E-state index contributed by atoms with van der Waals surface area (Å²) < 4.78 is 0. The van der Waals surface area contributed by atoms with Crippen LogP contribution in [-0.2, 0) is 10.2 Å². The zero-order chi connectivity index (χ0) is 10.3. The molecule has 0 radical (unpaired) electrons. The van der Waals surface area contributed by atoms with Crippen LogP contribution in [0.4, 0.5) is 0 Å². The van der Waals surface area contributed by atoms with Crippen LogP contribution in [0.1, 0.15) is 30.1 Å². The smallest absolute Gasteiger partial charge is 0.315 e. The summed E-state index contributed by atoms with van der Waals surface area (Å²) in [7, 11) is 0. The Bertz CT molecular complexity index is 377. The number of aryl methyl sites for hydroxylation is 2. The average molecular weight is 192 g/mol. The predicted octanol–water partition coefficient (Wildman–Crippen LogP) is 1.21. The maximum absolute atomic E-state index is 11.0. The number of carboxylic acids is 1. The molecule has 0 amide bonds. The number of nitrogens with zero attached hydrogens (tertiary/aromatic N) is 2. The number of aliphatic carboxylic acids is 1. The van der Waals surface area contributed by atoms with E-state index >= 15 is 0 Å². The van der Waals surface area contributed by atoms with Gasteiger partial charge in [0.15, 0.2) is 0 Å². The van der Waals surface area contributed by atoms with Crippen molar-refractivity contribution in [2.45, 2.75) is 32.1 Å². The van der Waals surface area contributed by atoms with Crippen molar-refractivity contribution in [2.24, 2.45) is 0 Å². The van der Waals surface area contributed by atoms with Crippen molar-refractivity contribution < 1.29 is 9.90 Å². The molecule has 1 aliphatic carbocycles. The fraction of sp³-hybridized carbons (Fsp3) is 0.500. The summed E-state index contributed by atoms with van der Waals surface area (Å²) in [6.45, 7) is 3.64. The first-order valence-corrected chi connectivity index (χ1v) is 4.61. The summed E-state index contributed by atoms with van der Waals surface area (Å²) in [6.07, 6.45) is 1.39. The van der Waals surface area contributed by atoms with E-state index in [2.05, 4.69) is 9.97 Å². The zero-order valence-corrected chi connectivity index (χ0v) is 8.24. The third kappa shape index (κ3) is 1.27. The van der Waals surface area contributed by atoms with Gasteiger partial charge in [-0.1, -0.05) is 0 Å². The minimum absolute atomic E-state index is 0.646. The Balaban J connectivity index is 2.47. The summed E-state index contributed by atoms with van der Waals surface area (Å²) in [5, 5.41) is 9.08. The molecule has 0 unspecified atom stereocenters. The number of rotatable bonds is 2. The van der Waals surface area contributed by atoms with Crippen LogP contribution in [0.5, 0.6) is 0 Å². The SMILES string of the molecule is Cc1cc(C2(C(=O)O)CC2)nc(C)n1. The van der Waals surface area contributed by atoms with Gasteiger partial charge in [0.1, 0.15) is 11.2 Å². The highest BCUT2D eigenvalue weighted by Gasteiger charge is 2.53. The second kappa shape index (κ2) is 2.77. The summed E-state index contributed by atoms with van der Waals surface area (Å²) in [4.78, 5) is 19.4. The summed E-state index contributed by atoms with van der Waals surface area (Å²) in [5.41, 5.74) is 0.786. The number of carboxylic acid groups (broad SMARTS) is 1. The molecule has 4 heteroatoms. The van der Waals surface area contributed by atoms with E-state index < -0.39 is 11.4 Å². The van der Waals surface area contributed by atoms with Crippen molar-refractivity contribution >= 4 is 5.97 Å². The van der Waals surface area contributed by atoms with Gasteiger partial charge in [-0.25, -0.2) is 9.97 Å². The van der Waals surface area contributed by atoms with Gasteiger partial charge in [0.2, 0.25) is 0 Å². The molecule has 1 heterocycles. The van der Waals surface area contributed by atoms with Crippen molar-refractivity contribution in [3.8, 4) is 0 Å². The fourth-order valence-electron chi connectivity index (χ4n) is 1.67. The molecular weight excluding hydrogens is 180 g/mol. The number of carbonyl (C=O) groups is 1. The van der Waals surface area contributed by atoms with Crippen LogP contribution in [0.3, 0.4) is 0 Å². The fourth-order valence-corrected chi connectivity index (χ4v) is 1.67. The van der Waals surface area contributed by atoms with Crippen LogP contribution >= 0.6 is 0 Å². The van der Waals surface area contributed by atoms with Crippen molar-refractivity contribution in [3.05, 3.63) is 23.3 Å². The van der Waals surface area contributed by atoms with E-state index in [9.17, 15) is 4.79 Å². The molecule has 1 aromatic rings. The van der Waals surface area contributed by atoms with Crippen molar-refractivity contribution in [1.82, 2.24) is 9.97 Å². The van der Waals surface area contributed by atoms with E-state index in [0.29, 0.717) is 24.4 Å². The van der Waals surface area contributed by atoms with Crippen molar-refractivity contribution in [2.75, 3.05) is 0 Å². The Morgan fingerprint density at radius 2 is 2.07 bits per heavy atom. The maximum atomic E-state index is 11.0. The second-order valence-electron chi connectivity index (χ2n) is 3.83. The summed E-state index contributed by atoms with van der Waals surface area (Å²) in [5.74, 6) is -0.123. The standard InChI is InChI=1S/C10H12N2O2/c1-6-5-8(12-7(2)11-6)10(3-4-10)9(13)14/h5H,3-4H2,1-2H3,(H,13,14). The van der Waals surface area contributed by atoms with Gasteiger partial charge in [0.25, 0.3) is 0 Å². The molecule has 4 nitrogen and oxygen atoms in total. The molecule has 0 bridgehead atoms. The summed E-state index contributed by atoms with van der Waals surface area (Å²) in [6, 6.07) is 1.77. The topological polar surface area (TPSA) is 63.1 Å². The molecule has 1 saturated carbocycles. The average Bonchev–Trinajstić information content (AvgIpc) is 2.81. The van der Waals surface area contributed by atoms with Gasteiger partial charge >= 0.3 is 5.97 Å². The van der Waals surface area contributed by atoms with Gasteiger partial charge in [-0.3, -0.25) is 4.79 Å². The first-order valence-electron chi connectivity index (χ1n) is 4.61. The maximum Gasteiger partial charge on any atom is 0.315 e. The quantitative estimate of drug-likeness (QED) is 0.765. The van der Waals surface area contributed by atoms with E-state index in [1.54, 1.807) is 13.0 Å². The second-order valence-corrected chi connectivity index (χ2v) is 3.83. The Hall–Kier alpha value is -1.45. The van der Waals surface area contributed by atoms with Crippen LogP contribution in [0.25, 0.3) is 0 Å². The Morgan fingerprint density at radius 3 is 2.50 bits per heavy atom. The highest BCUT2D eigenvalue weighted by atomic mass is 16.4. The number of hydrogen-bond donors (Lipinski definition) is 1. The molecule has 1 aliphatic rings. The lowest BCUT2D eigenvalue weighted by Gasteiger charge is -2.09. The molecule has 0 aliphatic heterocycles. The van der Waals surface area contributed by atoms with E-state index in [1.165, 1.54) is 0 Å². The minimum Gasteiger partial charge on any atom is -0.481 e. The third-order valence-electron chi connectivity index (χ3n) is 2.62. The lowest BCUT2D eigenvalue weighted by atomic mass is 10.0. The normalized spacial score (nSPS) is 17.9. The van der Waals surface area contributed by atoms with Crippen LogP contribution < -0.4 is 0 Å². The molecule has 74 valence electrons. The first-order chi connectivity index (χ1) is 6.54. The molecule has 2 rings (SSSR count). The molecule has 1 fully saturated rings. The predicted molar refractivity (Wildman–Crippen MR) is 50.1 cm³/mol. The van der Waals surface area contributed by atoms with Gasteiger partial charge in [-0.15, -0.1) is 0 Å². The van der Waals surface area contributed by atoms with E-state index in [-0.39, 0.29) is 0 Å².